The van der Waals surface area contributed by atoms with E-state index in [1.807, 2.05) is 29.2 Å². The molecule has 1 fully saturated rings. The lowest BCUT2D eigenvalue weighted by Gasteiger charge is -2.24. The molecule has 1 aliphatic heterocycles. The van der Waals surface area contributed by atoms with Crippen LogP contribution in [0.4, 0.5) is 10.7 Å². The summed E-state index contributed by atoms with van der Waals surface area (Å²) in [6, 6.07) is 6.90. The first-order valence-corrected chi connectivity index (χ1v) is 9.92. The summed E-state index contributed by atoms with van der Waals surface area (Å²) < 4.78 is 11.3. The molecule has 2 aromatic rings. The zero-order valence-electron chi connectivity index (χ0n) is 15.9. The van der Waals surface area contributed by atoms with Crippen molar-refractivity contribution in [2.24, 2.45) is 0 Å². The number of nitrogens with zero attached hydrogens (tertiary/aromatic N) is 5. The lowest BCUT2D eigenvalue weighted by atomic mass is 10.2. The standard InChI is InChI=1S/C17H22BrN7O4/c1-12(25-22-16(20-23-25)24-7-10-28-11-8-24)15(26)19-21-17(27)29-9-6-13-4-2-3-5-14(13)18/h2-5,12H,6-11H2,1H3,(H,19,26)(H,21,27). The second-order valence-electron chi connectivity index (χ2n) is 6.28. The average Bonchev–Trinajstić information content (AvgIpc) is 3.24. The number of nitrogens with one attached hydrogen (secondary N) is 2. The number of amides is 2. The predicted octanol–water partition coefficient (Wildman–Crippen LogP) is 0.833. The average molecular weight is 468 g/mol. The highest BCUT2D eigenvalue weighted by atomic mass is 79.9. The van der Waals surface area contributed by atoms with Crippen molar-refractivity contribution >= 4 is 33.9 Å². The SMILES string of the molecule is CC(C(=O)NNC(=O)OCCc1ccccc1Br)n1nnc(N2CCOCC2)n1. The number of aromatic nitrogens is 4. The minimum absolute atomic E-state index is 0.174. The lowest BCUT2D eigenvalue weighted by Crippen LogP contribution is -2.45. The quantitative estimate of drug-likeness (QED) is 0.598. The zero-order valence-corrected chi connectivity index (χ0v) is 17.5. The molecule has 0 bridgehead atoms. The maximum Gasteiger partial charge on any atom is 0.426 e. The van der Waals surface area contributed by atoms with Crippen molar-refractivity contribution in [3.8, 4) is 0 Å². The van der Waals surface area contributed by atoms with Gasteiger partial charge in [0.2, 0.25) is 0 Å². The number of carbonyl (C=O) groups excluding carboxylic acids is 2. The van der Waals surface area contributed by atoms with E-state index in [2.05, 4.69) is 42.2 Å². The van der Waals surface area contributed by atoms with E-state index in [0.29, 0.717) is 38.7 Å². The van der Waals surface area contributed by atoms with Crippen molar-refractivity contribution < 1.29 is 19.1 Å². The Bertz CT molecular complexity index is 841. The molecule has 0 aliphatic carbocycles. The van der Waals surface area contributed by atoms with Gasteiger partial charge in [0.15, 0.2) is 6.04 Å². The van der Waals surface area contributed by atoms with Crippen LogP contribution in [-0.2, 0) is 20.7 Å². The van der Waals surface area contributed by atoms with Crippen molar-refractivity contribution in [3.05, 3.63) is 34.3 Å². The first kappa shape index (κ1) is 21.0. The number of tetrazole rings is 1. The van der Waals surface area contributed by atoms with Crippen LogP contribution >= 0.6 is 15.9 Å². The Morgan fingerprint density at radius 1 is 1.28 bits per heavy atom. The Labute approximate surface area is 175 Å². The molecule has 2 amide bonds. The third-order valence-corrected chi connectivity index (χ3v) is 5.06. The normalized spacial score (nSPS) is 14.9. The number of morpholine rings is 1. The minimum Gasteiger partial charge on any atom is -0.448 e. The van der Waals surface area contributed by atoms with E-state index in [-0.39, 0.29) is 6.61 Å². The van der Waals surface area contributed by atoms with E-state index in [1.165, 1.54) is 4.80 Å². The summed E-state index contributed by atoms with van der Waals surface area (Å²) in [4.78, 5) is 27.1. The van der Waals surface area contributed by atoms with Crippen LogP contribution in [0.2, 0.25) is 0 Å². The highest BCUT2D eigenvalue weighted by molar-refractivity contribution is 9.10. The Hall–Kier alpha value is -2.73. The van der Waals surface area contributed by atoms with Crippen LogP contribution in [0.5, 0.6) is 0 Å². The van der Waals surface area contributed by atoms with Gasteiger partial charge in [-0.1, -0.05) is 39.2 Å². The van der Waals surface area contributed by atoms with Gasteiger partial charge in [0, 0.05) is 24.0 Å². The topological polar surface area (TPSA) is 124 Å². The number of ether oxygens (including phenoxy) is 2. The fraction of sp³-hybridized carbons (Fsp3) is 0.471. The van der Waals surface area contributed by atoms with Gasteiger partial charge in [-0.3, -0.25) is 10.2 Å². The van der Waals surface area contributed by atoms with Gasteiger partial charge in [0.1, 0.15) is 0 Å². The predicted molar refractivity (Wildman–Crippen MR) is 106 cm³/mol. The van der Waals surface area contributed by atoms with Crippen LogP contribution in [-0.4, -0.2) is 65.1 Å². The highest BCUT2D eigenvalue weighted by Crippen LogP contribution is 2.16. The van der Waals surface area contributed by atoms with Crippen molar-refractivity contribution in [3.63, 3.8) is 0 Å². The van der Waals surface area contributed by atoms with Crippen LogP contribution < -0.4 is 15.8 Å². The van der Waals surface area contributed by atoms with Gasteiger partial charge in [-0.25, -0.2) is 10.2 Å². The summed E-state index contributed by atoms with van der Waals surface area (Å²) in [5.74, 6) is -0.0638. The molecule has 29 heavy (non-hydrogen) atoms. The summed E-state index contributed by atoms with van der Waals surface area (Å²) in [7, 11) is 0. The number of hydrogen-bond acceptors (Lipinski definition) is 8. The molecule has 2 heterocycles. The molecule has 0 spiro atoms. The highest BCUT2D eigenvalue weighted by Gasteiger charge is 2.22. The second-order valence-corrected chi connectivity index (χ2v) is 7.13. The van der Waals surface area contributed by atoms with Crippen LogP contribution in [0.3, 0.4) is 0 Å². The summed E-state index contributed by atoms with van der Waals surface area (Å²) in [6.07, 6.45) is -0.204. The second kappa shape index (κ2) is 10.2. The molecule has 0 radical (unpaired) electrons. The van der Waals surface area contributed by atoms with Crippen molar-refractivity contribution in [1.29, 1.82) is 0 Å². The molecule has 1 saturated heterocycles. The van der Waals surface area contributed by atoms with Gasteiger partial charge in [-0.2, -0.15) is 0 Å². The molecule has 156 valence electrons. The third kappa shape index (κ3) is 5.87. The van der Waals surface area contributed by atoms with Crippen LogP contribution in [0, 0.1) is 0 Å². The number of benzene rings is 1. The number of rotatable bonds is 6. The molecule has 1 aromatic heterocycles. The summed E-state index contributed by atoms with van der Waals surface area (Å²) in [6.45, 7) is 4.29. The summed E-state index contributed by atoms with van der Waals surface area (Å²) >= 11 is 3.44. The molecule has 2 N–H and O–H groups in total. The van der Waals surface area contributed by atoms with E-state index in [4.69, 9.17) is 9.47 Å². The molecule has 1 unspecified atom stereocenters. The Morgan fingerprint density at radius 3 is 2.79 bits per heavy atom. The minimum atomic E-state index is -0.766. The molecular weight excluding hydrogens is 446 g/mol. The molecule has 3 rings (SSSR count). The maximum absolute atomic E-state index is 12.2. The Balaban J connectivity index is 1.41. The van der Waals surface area contributed by atoms with Gasteiger partial charge in [-0.05, 0) is 23.8 Å². The number of hydrogen-bond donors (Lipinski definition) is 2. The van der Waals surface area contributed by atoms with Gasteiger partial charge in [0.25, 0.3) is 11.9 Å². The molecular formula is C17H22BrN7O4. The Kier molecular flexibility index (Phi) is 7.36. The number of hydrazine groups is 1. The third-order valence-electron chi connectivity index (χ3n) is 4.29. The van der Waals surface area contributed by atoms with Gasteiger partial charge >= 0.3 is 6.09 Å². The van der Waals surface area contributed by atoms with Crippen molar-refractivity contribution in [2.45, 2.75) is 19.4 Å². The molecule has 1 aromatic carbocycles. The van der Waals surface area contributed by atoms with Crippen molar-refractivity contribution in [1.82, 2.24) is 31.1 Å². The summed E-state index contributed by atoms with van der Waals surface area (Å²) in [5, 5.41) is 12.1. The molecule has 1 atom stereocenters. The Morgan fingerprint density at radius 2 is 2.03 bits per heavy atom. The van der Waals surface area contributed by atoms with E-state index < -0.39 is 18.0 Å². The lowest BCUT2D eigenvalue weighted by molar-refractivity contribution is -0.125. The van der Waals surface area contributed by atoms with E-state index in [1.54, 1.807) is 6.92 Å². The number of anilines is 1. The number of carbonyl (C=O) groups is 2. The smallest absolute Gasteiger partial charge is 0.426 e. The molecule has 12 heteroatoms. The number of halogens is 1. The van der Waals surface area contributed by atoms with E-state index in [0.717, 1.165) is 10.0 Å². The van der Waals surface area contributed by atoms with Crippen molar-refractivity contribution in [2.75, 3.05) is 37.8 Å². The molecule has 1 aliphatic rings. The van der Waals surface area contributed by atoms with Gasteiger partial charge in [-0.15, -0.1) is 9.90 Å². The molecule has 0 saturated carbocycles. The van der Waals surface area contributed by atoms with E-state index >= 15 is 0 Å². The maximum atomic E-state index is 12.2. The summed E-state index contributed by atoms with van der Waals surface area (Å²) in [5.41, 5.74) is 5.53. The first-order valence-electron chi connectivity index (χ1n) is 9.13. The van der Waals surface area contributed by atoms with Crippen LogP contribution in [0.1, 0.15) is 18.5 Å². The van der Waals surface area contributed by atoms with Crippen LogP contribution in [0.15, 0.2) is 28.7 Å². The van der Waals surface area contributed by atoms with E-state index in [9.17, 15) is 9.59 Å². The van der Waals surface area contributed by atoms with Crippen LogP contribution in [0.25, 0.3) is 0 Å². The zero-order chi connectivity index (χ0) is 20.6. The molecule has 11 nitrogen and oxygen atoms in total. The largest absolute Gasteiger partial charge is 0.448 e. The van der Waals surface area contributed by atoms with Gasteiger partial charge in [0.05, 0.1) is 19.8 Å². The van der Waals surface area contributed by atoms with Gasteiger partial charge < -0.3 is 14.4 Å². The monoisotopic (exact) mass is 467 g/mol. The fourth-order valence-corrected chi connectivity index (χ4v) is 3.07. The fourth-order valence-electron chi connectivity index (χ4n) is 2.58. The first-order chi connectivity index (χ1) is 14.0.